The highest BCUT2D eigenvalue weighted by Crippen LogP contribution is 2.34. The number of carbonyl (C=O) groups excluding carboxylic acids is 2. The molecule has 1 aliphatic heterocycles. The third-order valence-corrected chi connectivity index (χ3v) is 6.17. The van der Waals surface area contributed by atoms with Crippen molar-refractivity contribution in [2.24, 2.45) is 11.7 Å². The first-order valence-electron chi connectivity index (χ1n) is 10.7. The number of nitrogens with two attached hydrogens (primary N) is 1. The minimum Gasteiger partial charge on any atom is -0.481 e. The Bertz CT molecular complexity index is 1180. The van der Waals surface area contributed by atoms with Crippen LogP contribution in [0, 0.1) is 12.8 Å². The molecule has 4 rings (SSSR count). The molecule has 2 atom stereocenters. The second-order valence-corrected chi connectivity index (χ2v) is 8.66. The molecule has 1 aliphatic rings. The maximum atomic E-state index is 12.9. The normalized spacial score (nSPS) is 17.2. The van der Waals surface area contributed by atoms with Gasteiger partial charge in [-0.25, -0.2) is 4.98 Å². The number of likely N-dealkylation sites (tertiary alicyclic amines) is 1. The third kappa shape index (κ3) is 4.55. The summed E-state index contributed by atoms with van der Waals surface area (Å²) in [6.45, 7) is 4.72. The fourth-order valence-corrected chi connectivity index (χ4v) is 4.47. The number of fused-ring (bicyclic) bond motifs is 1. The fourth-order valence-electron chi connectivity index (χ4n) is 4.27. The van der Waals surface area contributed by atoms with Crippen molar-refractivity contribution in [2.75, 3.05) is 13.1 Å². The van der Waals surface area contributed by atoms with Crippen LogP contribution in [0.1, 0.15) is 25.3 Å². The van der Waals surface area contributed by atoms with Gasteiger partial charge in [-0.05, 0) is 61.6 Å². The Morgan fingerprint density at radius 1 is 1.19 bits per heavy atom. The van der Waals surface area contributed by atoms with Gasteiger partial charge in [0.15, 0.2) is 6.10 Å². The van der Waals surface area contributed by atoms with Crippen molar-refractivity contribution < 1.29 is 14.3 Å². The van der Waals surface area contributed by atoms with Gasteiger partial charge in [0.2, 0.25) is 5.91 Å². The van der Waals surface area contributed by atoms with E-state index in [1.54, 1.807) is 17.9 Å². The molecule has 3 aromatic rings. The Morgan fingerprint density at radius 2 is 1.97 bits per heavy atom. The molecular weight excluding hydrogens is 426 g/mol. The number of benzene rings is 2. The van der Waals surface area contributed by atoms with Crippen molar-refractivity contribution >= 4 is 34.3 Å². The minimum absolute atomic E-state index is 0.157. The average molecular weight is 452 g/mol. The van der Waals surface area contributed by atoms with E-state index in [1.807, 2.05) is 30.3 Å². The molecular formula is C25H26ClN3O3. The van der Waals surface area contributed by atoms with E-state index in [9.17, 15) is 9.59 Å². The van der Waals surface area contributed by atoms with Crippen LogP contribution < -0.4 is 10.5 Å². The number of nitrogens with zero attached hydrogens (tertiary/aromatic N) is 2. The van der Waals surface area contributed by atoms with Gasteiger partial charge in [0.25, 0.3) is 5.91 Å². The monoisotopic (exact) mass is 451 g/mol. The lowest BCUT2D eigenvalue weighted by Crippen LogP contribution is -2.48. The van der Waals surface area contributed by atoms with E-state index in [2.05, 4.69) is 24.0 Å². The number of rotatable bonds is 5. The lowest BCUT2D eigenvalue weighted by Gasteiger charge is -2.33. The van der Waals surface area contributed by atoms with Crippen LogP contribution in [0.3, 0.4) is 0 Å². The Morgan fingerprint density at radius 3 is 2.72 bits per heavy atom. The van der Waals surface area contributed by atoms with E-state index in [-0.39, 0.29) is 17.7 Å². The van der Waals surface area contributed by atoms with Crippen LogP contribution in [-0.2, 0) is 9.59 Å². The first-order chi connectivity index (χ1) is 15.3. The van der Waals surface area contributed by atoms with Crippen molar-refractivity contribution in [3.63, 3.8) is 0 Å². The topological polar surface area (TPSA) is 85.5 Å². The number of amides is 2. The van der Waals surface area contributed by atoms with E-state index in [0.717, 1.165) is 28.5 Å². The first-order valence-corrected chi connectivity index (χ1v) is 11.1. The summed E-state index contributed by atoms with van der Waals surface area (Å²) in [6, 6.07) is 15.6. The number of pyridine rings is 1. The third-order valence-electron chi connectivity index (χ3n) is 5.98. The molecule has 0 spiro atoms. The van der Waals surface area contributed by atoms with Gasteiger partial charge in [-0.1, -0.05) is 35.9 Å². The molecule has 0 bridgehead atoms. The highest BCUT2D eigenvalue weighted by Gasteiger charge is 2.30. The molecule has 2 amide bonds. The fraction of sp³-hybridized carbons (Fsp3) is 0.320. The Labute approximate surface area is 192 Å². The summed E-state index contributed by atoms with van der Waals surface area (Å²) in [7, 11) is 0. The molecule has 7 heteroatoms. The molecule has 32 heavy (non-hydrogen) atoms. The van der Waals surface area contributed by atoms with Crippen LogP contribution >= 0.6 is 11.6 Å². The zero-order chi connectivity index (χ0) is 22.8. The molecule has 6 nitrogen and oxygen atoms in total. The molecule has 166 valence electrons. The molecule has 0 aliphatic carbocycles. The van der Waals surface area contributed by atoms with Crippen molar-refractivity contribution in [3.05, 3.63) is 59.2 Å². The first kappa shape index (κ1) is 22.1. The summed E-state index contributed by atoms with van der Waals surface area (Å²) in [5.41, 5.74) is 9.36. The van der Waals surface area contributed by atoms with Gasteiger partial charge in [0.05, 0.1) is 11.4 Å². The standard InChI is InChI=1S/C25H26ClN3O3/c1-15-6-3-4-8-19(15)21-13-23(26)28-22-12-18(9-10-20(21)22)32-16(2)25(31)29-11-5-7-17(14-29)24(27)30/h3-4,6,8-10,12-13,16-17H,5,7,11,14H2,1-2H3,(H2,27,30)/t16?,17-/m0/s1. The number of ether oxygens (including phenoxy) is 1. The number of hydrogen-bond acceptors (Lipinski definition) is 4. The highest BCUT2D eigenvalue weighted by molar-refractivity contribution is 6.30. The van der Waals surface area contributed by atoms with Crippen LogP contribution in [-0.4, -0.2) is 40.9 Å². The van der Waals surface area contributed by atoms with E-state index in [0.29, 0.717) is 35.9 Å². The second kappa shape index (κ2) is 9.17. The molecule has 1 unspecified atom stereocenters. The Kier molecular flexibility index (Phi) is 6.33. The Hall–Kier alpha value is -3.12. The van der Waals surface area contributed by atoms with Crippen LogP contribution in [0.15, 0.2) is 48.5 Å². The maximum Gasteiger partial charge on any atom is 0.263 e. The number of aromatic nitrogens is 1. The van der Waals surface area contributed by atoms with Crippen LogP contribution in [0.4, 0.5) is 0 Å². The molecule has 2 N–H and O–H groups in total. The number of primary amides is 1. The van der Waals surface area contributed by atoms with E-state index in [4.69, 9.17) is 22.1 Å². The van der Waals surface area contributed by atoms with Gasteiger partial charge in [-0.2, -0.15) is 0 Å². The second-order valence-electron chi connectivity index (χ2n) is 8.27. The van der Waals surface area contributed by atoms with Gasteiger partial charge in [0.1, 0.15) is 10.9 Å². The Balaban J connectivity index is 1.57. The number of aryl methyl sites for hydroxylation is 1. The van der Waals surface area contributed by atoms with Crippen molar-refractivity contribution in [1.29, 1.82) is 0 Å². The predicted octanol–water partition coefficient (Wildman–Crippen LogP) is 4.35. The van der Waals surface area contributed by atoms with Gasteiger partial charge >= 0.3 is 0 Å². The van der Waals surface area contributed by atoms with Gasteiger partial charge in [-0.15, -0.1) is 0 Å². The highest BCUT2D eigenvalue weighted by atomic mass is 35.5. The van der Waals surface area contributed by atoms with Gasteiger partial charge < -0.3 is 15.4 Å². The summed E-state index contributed by atoms with van der Waals surface area (Å²) >= 11 is 6.32. The number of hydrogen-bond donors (Lipinski definition) is 1. The number of carbonyl (C=O) groups is 2. The van der Waals surface area contributed by atoms with Crippen molar-refractivity contribution in [1.82, 2.24) is 9.88 Å². The van der Waals surface area contributed by atoms with Crippen molar-refractivity contribution in [2.45, 2.75) is 32.8 Å². The largest absolute Gasteiger partial charge is 0.481 e. The smallest absolute Gasteiger partial charge is 0.263 e. The van der Waals surface area contributed by atoms with Crippen LogP contribution in [0.2, 0.25) is 5.15 Å². The summed E-state index contributed by atoms with van der Waals surface area (Å²) in [4.78, 5) is 30.5. The molecule has 2 heterocycles. The molecule has 1 fully saturated rings. The summed E-state index contributed by atoms with van der Waals surface area (Å²) in [5, 5.41) is 1.35. The lowest BCUT2D eigenvalue weighted by atomic mass is 9.97. The summed E-state index contributed by atoms with van der Waals surface area (Å²) in [6.07, 6.45) is 0.773. The molecule has 1 aromatic heterocycles. The molecule has 2 aromatic carbocycles. The number of halogens is 1. The van der Waals surface area contributed by atoms with E-state index in [1.165, 1.54) is 0 Å². The van der Waals surface area contributed by atoms with E-state index >= 15 is 0 Å². The average Bonchev–Trinajstić information content (AvgIpc) is 2.78. The lowest BCUT2D eigenvalue weighted by molar-refractivity contribution is -0.141. The predicted molar refractivity (Wildman–Crippen MR) is 126 cm³/mol. The maximum absolute atomic E-state index is 12.9. The molecule has 0 radical (unpaired) electrons. The van der Waals surface area contributed by atoms with Crippen LogP contribution in [0.25, 0.3) is 22.0 Å². The SMILES string of the molecule is Cc1ccccc1-c1cc(Cl)nc2cc(OC(C)C(=O)N3CCC[C@H](C(N)=O)C3)ccc12. The van der Waals surface area contributed by atoms with Gasteiger partial charge in [0, 0.05) is 24.5 Å². The molecule has 1 saturated heterocycles. The summed E-state index contributed by atoms with van der Waals surface area (Å²) < 4.78 is 5.95. The zero-order valence-electron chi connectivity index (χ0n) is 18.2. The van der Waals surface area contributed by atoms with Crippen molar-refractivity contribution in [3.8, 4) is 16.9 Å². The molecule has 0 saturated carbocycles. The van der Waals surface area contributed by atoms with Gasteiger partial charge in [-0.3, -0.25) is 9.59 Å². The summed E-state index contributed by atoms with van der Waals surface area (Å²) in [5.74, 6) is -0.284. The quantitative estimate of drug-likeness (QED) is 0.584. The zero-order valence-corrected chi connectivity index (χ0v) is 18.9. The van der Waals surface area contributed by atoms with Crippen LogP contribution in [0.5, 0.6) is 5.75 Å². The minimum atomic E-state index is -0.700. The number of piperidine rings is 1. The van der Waals surface area contributed by atoms with E-state index < -0.39 is 6.10 Å².